The van der Waals surface area contributed by atoms with Crippen molar-refractivity contribution in [2.75, 3.05) is 5.75 Å². The van der Waals surface area contributed by atoms with Crippen molar-refractivity contribution in [3.05, 3.63) is 30.1 Å². The maximum atomic E-state index is 12.8. The van der Waals surface area contributed by atoms with Crippen molar-refractivity contribution in [3.8, 4) is 0 Å². The second-order valence-corrected chi connectivity index (χ2v) is 6.35. The molecule has 1 amide bonds. The van der Waals surface area contributed by atoms with E-state index in [-0.39, 0.29) is 17.8 Å². The van der Waals surface area contributed by atoms with Gasteiger partial charge in [-0.1, -0.05) is 0 Å². The molecule has 0 aromatic heterocycles. The van der Waals surface area contributed by atoms with Gasteiger partial charge in [0.1, 0.15) is 5.82 Å². The number of halogens is 1. The van der Waals surface area contributed by atoms with E-state index in [2.05, 4.69) is 13.8 Å². The Bertz CT molecular complexity index is 426. The van der Waals surface area contributed by atoms with Gasteiger partial charge in [-0.05, 0) is 51.0 Å². The van der Waals surface area contributed by atoms with Gasteiger partial charge in [-0.15, -0.1) is 11.8 Å². The zero-order valence-electron chi connectivity index (χ0n) is 11.4. The van der Waals surface area contributed by atoms with Crippen LogP contribution >= 0.6 is 11.8 Å². The number of hydrogen-bond acceptors (Lipinski definition) is 2. The summed E-state index contributed by atoms with van der Waals surface area (Å²) in [4.78, 5) is 15.2. The average Bonchev–Trinajstić information content (AvgIpc) is 3.16. The Morgan fingerprint density at radius 3 is 2.53 bits per heavy atom. The number of thioether (sulfide) groups is 1. The van der Waals surface area contributed by atoms with E-state index in [4.69, 9.17) is 0 Å². The Kier molecular flexibility index (Phi) is 4.86. The minimum Gasteiger partial charge on any atom is -0.337 e. The zero-order valence-corrected chi connectivity index (χ0v) is 12.3. The Labute approximate surface area is 118 Å². The number of amides is 1. The first-order valence-corrected chi connectivity index (χ1v) is 7.76. The second kappa shape index (κ2) is 6.42. The predicted molar refractivity (Wildman–Crippen MR) is 76.7 cm³/mol. The van der Waals surface area contributed by atoms with Crippen LogP contribution < -0.4 is 0 Å². The fraction of sp³-hybridized carbons (Fsp3) is 0.533. The summed E-state index contributed by atoms with van der Waals surface area (Å²) >= 11 is 1.60. The molecule has 0 aliphatic heterocycles. The number of nitrogens with zero attached hydrogens (tertiary/aromatic N) is 1. The maximum absolute atomic E-state index is 12.8. The van der Waals surface area contributed by atoms with Gasteiger partial charge in [-0.25, -0.2) is 4.39 Å². The van der Waals surface area contributed by atoms with E-state index in [0.29, 0.717) is 12.5 Å². The van der Waals surface area contributed by atoms with Crippen LogP contribution in [0.3, 0.4) is 0 Å². The molecule has 2 nitrogen and oxygen atoms in total. The molecule has 1 aliphatic carbocycles. The van der Waals surface area contributed by atoms with Crippen molar-refractivity contribution >= 4 is 17.7 Å². The number of rotatable bonds is 6. The quantitative estimate of drug-likeness (QED) is 0.741. The molecule has 0 N–H and O–H groups in total. The zero-order chi connectivity index (χ0) is 13.8. The molecule has 1 aromatic rings. The van der Waals surface area contributed by atoms with Crippen LogP contribution in [0.1, 0.15) is 33.1 Å². The predicted octanol–water partition coefficient (Wildman–Crippen LogP) is 3.71. The third-order valence-electron chi connectivity index (χ3n) is 3.18. The van der Waals surface area contributed by atoms with Crippen LogP contribution in [0.4, 0.5) is 4.39 Å². The highest BCUT2D eigenvalue weighted by atomic mass is 32.2. The molecule has 1 fully saturated rings. The smallest absolute Gasteiger partial charge is 0.223 e. The van der Waals surface area contributed by atoms with Gasteiger partial charge in [0.2, 0.25) is 5.91 Å². The first kappa shape index (κ1) is 14.4. The van der Waals surface area contributed by atoms with Gasteiger partial charge in [0.05, 0.1) is 0 Å². The molecular weight excluding hydrogens is 261 g/mol. The van der Waals surface area contributed by atoms with E-state index in [1.165, 1.54) is 12.1 Å². The minimum atomic E-state index is -0.222. The topological polar surface area (TPSA) is 20.3 Å². The maximum Gasteiger partial charge on any atom is 0.223 e. The van der Waals surface area contributed by atoms with E-state index >= 15 is 0 Å². The van der Waals surface area contributed by atoms with Crippen LogP contribution in [0.2, 0.25) is 0 Å². The van der Waals surface area contributed by atoms with Gasteiger partial charge >= 0.3 is 0 Å². The lowest BCUT2D eigenvalue weighted by atomic mass is 10.2. The van der Waals surface area contributed by atoms with E-state index in [1.807, 2.05) is 4.90 Å². The molecule has 19 heavy (non-hydrogen) atoms. The van der Waals surface area contributed by atoms with Gasteiger partial charge in [-0.3, -0.25) is 4.79 Å². The Balaban J connectivity index is 1.78. The lowest BCUT2D eigenvalue weighted by Gasteiger charge is -2.26. The summed E-state index contributed by atoms with van der Waals surface area (Å²) in [7, 11) is 0. The van der Waals surface area contributed by atoms with Crippen molar-refractivity contribution in [3.63, 3.8) is 0 Å². The SMILES string of the molecule is CC(C)N(C(=O)CCSc1ccc(F)cc1)C1CC1. The Morgan fingerprint density at radius 1 is 1.37 bits per heavy atom. The van der Waals surface area contributed by atoms with Gasteiger partial charge in [0.25, 0.3) is 0 Å². The molecule has 0 atom stereocenters. The van der Waals surface area contributed by atoms with Crippen molar-refractivity contribution < 1.29 is 9.18 Å². The molecule has 1 saturated carbocycles. The van der Waals surface area contributed by atoms with E-state index in [9.17, 15) is 9.18 Å². The molecule has 0 radical (unpaired) electrons. The molecule has 1 aliphatic rings. The average molecular weight is 281 g/mol. The largest absolute Gasteiger partial charge is 0.337 e. The lowest BCUT2D eigenvalue weighted by molar-refractivity contribution is -0.133. The van der Waals surface area contributed by atoms with Crippen molar-refractivity contribution in [2.45, 2.75) is 50.1 Å². The fourth-order valence-corrected chi connectivity index (χ4v) is 3.02. The number of hydrogen-bond donors (Lipinski definition) is 0. The molecule has 1 aromatic carbocycles. The van der Waals surface area contributed by atoms with Crippen molar-refractivity contribution in [2.24, 2.45) is 0 Å². The summed E-state index contributed by atoms with van der Waals surface area (Å²) in [5.41, 5.74) is 0. The summed E-state index contributed by atoms with van der Waals surface area (Å²) in [6.45, 7) is 4.15. The van der Waals surface area contributed by atoms with Gasteiger partial charge in [0, 0.05) is 29.2 Å². The summed E-state index contributed by atoms with van der Waals surface area (Å²) in [6, 6.07) is 7.18. The van der Waals surface area contributed by atoms with Crippen molar-refractivity contribution in [1.29, 1.82) is 0 Å². The van der Waals surface area contributed by atoms with Crippen LogP contribution in [-0.2, 0) is 4.79 Å². The summed E-state index contributed by atoms with van der Waals surface area (Å²) < 4.78 is 12.8. The summed E-state index contributed by atoms with van der Waals surface area (Å²) in [5, 5.41) is 0. The normalized spacial score (nSPS) is 14.7. The van der Waals surface area contributed by atoms with Crippen LogP contribution in [-0.4, -0.2) is 28.6 Å². The van der Waals surface area contributed by atoms with Crippen LogP contribution in [0, 0.1) is 5.82 Å². The fourth-order valence-electron chi connectivity index (χ4n) is 2.18. The van der Waals surface area contributed by atoms with E-state index in [0.717, 1.165) is 23.5 Å². The lowest BCUT2D eigenvalue weighted by Crippen LogP contribution is -2.38. The molecule has 0 unspecified atom stereocenters. The monoisotopic (exact) mass is 281 g/mol. The third-order valence-corrected chi connectivity index (χ3v) is 4.20. The van der Waals surface area contributed by atoms with Gasteiger partial charge in [-0.2, -0.15) is 0 Å². The van der Waals surface area contributed by atoms with Crippen LogP contribution in [0.25, 0.3) is 0 Å². The van der Waals surface area contributed by atoms with Gasteiger partial charge in [0.15, 0.2) is 0 Å². The first-order valence-electron chi connectivity index (χ1n) is 6.77. The van der Waals surface area contributed by atoms with E-state index < -0.39 is 0 Å². The molecule has 2 rings (SSSR count). The number of carbonyl (C=O) groups excluding carboxylic acids is 1. The van der Waals surface area contributed by atoms with Crippen LogP contribution in [0.5, 0.6) is 0 Å². The molecule has 104 valence electrons. The van der Waals surface area contributed by atoms with E-state index in [1.54, 1.807) is 23.9 Å². The molecular formula is C15H20FNOS. The standard InChI is InChI=1S/C15H20FNOS/c1-11(2)17(13-5-6-13)15(18)9-10-19-14-7-3-12(16)4-8-14/h3-4,7-8,11,13H,5-6,9-10H2,1-2H3. The second-order valence-electron chi connectivity index (χ2n) is 5.18. The van der Waals surface area contributed by atoms with Crippen molar-refractivity contribution in [1.82, 2.24) is 4.90 Å². The number of carbonyl (C=O) groups is 1. The highest BCUT2D eigenvalue weighted by Crippen LogP contribution is 2.29. The summed E-state index contributed by atoms with van der Waals surface area (Å²) in [6.07, 6.45) is 2.85. The molecule has 0 heterocycles. The highest BCUT2D eigenvalue weighted by Gasteiger charge is 2.33. The highest BCUT2D eigenvalue weighted by molar-refractivity contribution is 7.99. The number of benzene rings is 1. The molecule has 0 bridgehead atoms. The van der Waals surface area contributed by atoms with Crippen LogP contribution in [0.15, 0.2) is 29.2 Å². The Morgan fingerprint density at radius 2 is 2.00 bits per heavy atom. The molecule has 0 saturated heterocycles. The van der Waals surface area contributed by atoms with Gasteiger partial charge < -0.3 is 4.90 Å². The summed E-state index contributed by atoms with van der Waals surface area (Å²) in [5.74, 6) is 0.771. The molecule has 0 spiro atoms. The molecule has 4 heteroatoms. The minimum absolute atomic E-state index is 0.222. The first-order chi connectivity index (χ1) is 9.08. The Hall–Kier alpha value is -1.03. The third kappa shape index (κ3) is 4.23.